The van der Waals surface area contributed by atoms with Gasteiger partial charge in [0.25, 0.3) is 0 Å². The molecule has 2 unspecified atom stereocenters. The fourth-order valence-corrected chi connectivity index (χ4v) is 4.47. The maximum absolute atomic E-state index is 12.9. The van der Waals surface area contributed by atoms with Crippen LogP contribution in [-0.2, 0) is 9.53 Å². The first-order valence-corrected chi connectivity index (χ1v) is 10.4. The smallest absolute Gasteiger partial charge is 0.329 e. The number of urea groups is 1. The zero-order chi connectivity index (χ0) is 19.1. The number of unbranched alkanes of at least 4 members (excludes halogenated alkanes) is 1. The number of benzene rings is 1. The number of hydrogen-bond acceptors (Lipinski definition) is 4. The van der Waals surface area contributed by atoms with Crippen LogP contribution in [0.25, 0.3) is 0 Å². The van der Waals surface area contributed by atoms with Crippen LogP contribution in [0.1, 0.15) is 45.6 Å². The Morgan fingerprint density at radius 3 is 2.62 bits per heavy atom. The second-order valence-electron chi connectivity index (χ2n) is 7.16. The highest BCUT2D eigenvalue weighted by Crippen LogP contribution is 2.34. The topological polar surface area (TPSA) is 58.6 Å². The van der Waals surface area contributed by atoms with E-state index in [1.54, 1.807) is 16.7 Å². The number of ether oxygens (including phenoxy) is 1. The number of esters is 1. The predicted octanol–water partition coefficient (Wildman–Crippen LogP) is 4.66. The number of carbonyl (C=O) groups excluding carboxylic acids is 2. The van der Waals surface area contributed by atoms with Gasteiger partial charge in [-0.15, -0.1) is 11.8 Å². The zero-order valence-corrected chi connectivity index (χ0v) is 17.0. The van der Waals surface area contributed by atoms with Gasteiger partial charge in [0, 0.05) is 11.4 Å². The van der Waals surface area contributed by atoms with Crippen LogP contribution in [-0.4, -0.2) is 40.7 Å². The molecule has 26 heavy (non-hydrogen) atoms. The third-order valence-electron chi connectivity index (χ3n) is 4.32. The standard InChI is InChI=1S/C20H30N2O3S/c1-5-6-11-25-19(23)17-13-26-18(12-14(2)3)22(17)20(24)21-16-9-7-15(4)8-10-16/h7-10,14,17-18H,5-6,11-13H2,1-4H3,(H,21,24). The Kier molecular flexibility index (Phi) is 7.82. The van der Waals surface area contributed by atoms with Gasteiger partial charge in [-0.1, -0.05) is 44.9 Å². The normalized spacial score (nSPS) is 19.7. The van der Waals surface area contributed by atoms with Crippen molar-refractivity contribution >= 4 is 29.4 Å². The van der Waals surface area contributed by atoms with Crippen molar-refractivity contribution in [2.45, 2.75) is 58.4 Å². The van der Waals surface area contributed by atoms with Crippen LogP contribution < -0.4 is 5.32 Å². The molecular formula is C20H30N2O3S. The number of carbonyl (C=O) groups is 2. The molecule has 5 nitrogen and oxygen atoms in total. The van der Waals surface area contributed by atoms with Crippen molar-refractivity contribution in [3.8, 4) is 0 Å². The third-order valence-corrected chi connectivity index (χ3v) is 5.63. The molecule has 2 rings (SSSR count). The zero-order valence-electron chi connectivity index (χ0n) is 16.2. The Bertz CT molecular complexity index is 604. The maximum atomic E-state index is 12.9. The number of rotatable bonds is 7. The van der Waals surface area contributed by atoms with Gasteiger partial charge in [-0.3, -0.25) is 4.90 Å². The molecule has 0 bridgehead atoms. The molecule has 6 heteroatoms. The van der Waals surface area contributed by atoms with Crippen molar-refractivity contribution in [1.82, 2.24) is 4.90 Å². The minimum atomic E-state index is -0.522. The average Bonchev–Trinajstić information content (AvgIpc) is 3.00. The van der Waals surface area contributed by atoms with E-state index in [1.165, 1.54) is 0 Å². The highest BCUT2D eigenvalue weighted by atomic mass is 32.2. The van der Waals surface area contributed by atoms with E-state index >= 15 is 0 Å². The van der Waals surface area contributed by atoms with E-state index in [0.717, 1.165) is 30.5 Å². The number of nitrogens with zero attached hydrogens (tertiary/aromatic N) is 1. The molecule has 1 aromatic rings. The summed E-state index contributed by atoms with van der Waals surface area (Å²) in [5.41, 5.74) is 1.87. The van der Waals surface area contributed by atoms with Gasteiger partial charge in [0.1, 0.15) is 6.04 Å². The summed E-state index contributed by atoms with van der Waals surface area (Å²) in [6, 6.07) is 6.91. The van der Waals surface area contributed by atoms with E-state index in [1.807, 2.05) is 31.2 Å². The molecule has 1 aromatic carbocycles. The van der Waals surface area contributed by atoms with Crippen LogP contribution in [0.5, 0.6) is 0 Å². The van der Waals surface area contributed by atoms with Crippen LogP contribution in [0.2, 0.25) is 0 Å². The monoisotopic (exact) mass is 378 g/mol. The van der Waals surface area contributed by atoms with Gasteiger partial charge in [0.05, 0.1) is 12.0 Å². The number of hydrogen-bond donors (Lipinski definition) is 1. The van der Waals surface area contributed by atoms with Crippen LogP contribution in [0.15, 0.2) is 24.3 Å². The Labute approximate surface area is 160 Å². The summed E-state index contributed by atoms with van der Waals surface area (Å²) in [4.78, 5) is 27.1. The van der Waals surface area contributed by atoms with Gasteiger partial charge in [-0.05, 0) is 37.8 Å². The lowest BCUT2D eigenvalue weighted by molar-refractivity contribution is -0.148. The fourth-order valence-electron chi connectivity index (χ4n) is 2.84. The number of nitrogens with one attached hydrogen (secondary N) is 1. The average molecular weight is 379 g/mol. The van der Waals surface area contributed by atoms with E-state index in [4.69, 9.17) is 4.74 Å². The van der Waals surface area contributed by atoms with Crippen molar-refractivity contribution < 1.29 is 14.3 Å². The SMILES string of the molecule is CCCCOC(=O)C1CSC(CC(C)C)N1C(=O)Nc1ccc(C)cc1. The van der Waals surface area contributed by atoms with E-state index < -0.39 is 6.04 Å². The number of aryl methyl sites for hydroxylation is 1. The van der Waals surface area contributed by atoms with Gasteiger partial charge in [-0.25, -0.2) is 9.59 Å². The summed E-state index contributed by atoms with van der Waals surface area (Å²) in [6.07, 6.45) is 2.67. The van der Waals surface area contributed by atoms with E-state index in [9.17, 15) is 9.59 Å². The Hall–Kier alpha value is -1.69. The molecule has 2 amide bonds. The van der Waals surface area contributed by atoms with Crippen molar-refractivity contribution in [2.24, 2.45) is 5.92 Å². The fraction of sp³-hybridized carbons (Fsp3) is 0.600. The molecule has 0 saturated carbocycles. The Morgan fingerprint density at radius 2 is 2.00 bits per heavy atom. The summed E-state index contributed by atoms with van der Waals surface area (Å²) >= 11 is 1.66. The molecule has 0 aromatic heterocycles. The first-order valence-electron chi connectivity index (χ1n) is 9.36. The lowest BCUT2D eigenvalue weighted by Gasteiger charge is -2.29. The molecule has 1 heterocycles. The second kappa shape index (κ2) is 9.86. The maximum Gasteiger partial charge on any atom is 0.329 e. The van der Waals surface area contributed by atoms with Crippen molar-refractivity contribution in [2.75, 3.05) is 17.7 Å². The lowest BCUT2D eigenvalue weighted by Crippen LogP contribution is -2.48. The van der Waals surface area contributed by atoms with Crippen molar-refractivity contribution in [1.29, 1.82) is 0 Å². The lowest BCUT2D eigenvalue weighted by atomic mass is 10.1. The molecule has 144 valence electrons. The van der Waals surface area contributed by atoms with Crippen LogP contribution >= 0.6 is 11.8 Å². The molecule has 1 N–H and O–H groups in total. The molecule has 1 aliphatic heterocycles. The molecule has 0 spiro atoms. The second-order valence-corrected chi connectivity index (χ2v) is 8.37. The molecular weight excluding hydrogens is 348 g/mol. The van der Waals surface area contributed by atoms with Gasteiger partial charge < -0.3 is 10.1 Å². The van der Waals surface area contributed by atoms with E-state index in [0.29, 0.717) is 18.3 Å². The van der Waals surface area contributed by atoms with Crippen LogP contribution in [0.4, 0.5) is 10.5 Å². The van der Waals surface area contributed by atoms with Gasteiger partial charge in [0.15, 0.2) is 0 Å². The largest absolute Gasteiger partial charge is 0.464 e. The molecule has 2 atom stereocenters. The Balaban J connectivity index is 2.10. The molecule has 0 aliphatic carbocycles. The minimum Gasteiger partial charge on any atom is -0.464 e. The van der Waals surface area contributed by atoms with E-state index in [-0.39, 0.29) is 17.4 Å². The summed E-state index contributed by atoms with van der Waals surface area (Å²) in [6.45, 7) is 8.73. The quantitative estimate of drug-likeness (QED) is 0.554. The summed E-state index contributed by atoms with van der Waals surface area (Å²) in [5, 5.41) is 2.92. The highest BCUT2D eigenvalue weighted by molar-refractivity contribution is 8.00. The summed E-state index contributed by atoms with van der Waals surface area (Å²) in [7, 11) is 0. The summed E-state index contributed by atoms with van der Waals surface area (Å²) < 4.78 is 5.39. The molecule has 0 radical (unpaired) electrons. The van der Waals surface area contributed by atoms with Gasteiger partial charge in [0.2, 0.25) is 0 Å². The van der Waals surface area contributed by atoms with Crippen LogP contribution in [0, 0.1) is 12.8 Å². The van der Waals surface area contributed by atoms with E-state index in [2.05, 4.69) is 26.1 Å². The molecule has 1 aliphatic rings. The number of anilines is 1. The first-order chi connectivity index (χ1) is 12.4. The number of amides is 2. The number of thioether (sulfide) groups is 1. The Morgan fingerprint density at radius 1 is 1.31 bits per heavy atom. The predicted molar refractivity (Wildman–Crippen MR) is 107 cm³/mol. The molecule has 1 saturated heterocycles. The highest BCUT2D eigenvalue weighted by Gasteiger charge is 2.42. The third kappa shape index (κ3) is 5.66. The van der Waals surface area contributed by atoms with Crippen molar-refractivity contribution in [3.63, 3.8) is 0 Å². The van der Waals surface area contributed by atoms with Gasteiger partial charge >= 0.3 is 12.0 Å². The van der Waals surface area contributed by atoms with Crippen LogP contribution in [0.3, 0.4) is 0 Å². The first kappa shape index (κ1) is 20.6. The summed E-state index contributed by atoms with van der Waals surface area (Å²) in [5.74, 6) is 0.734. The molecule has 1 fully saturated rings. The van der Waals surface area contributed by atoms with Crippen molar-refractivity contribution in [3.05, 3.63) is 29.8 Å². The minimum absolute atomic E-state index is 0.0100. The van der Waals surface area contributed by atoms with Gasteiger partial charge in [-0.2, -0.15) is 0 Å².